The Labute approximate surface area is 201 Å². The van der Waals surface area contributed by atoms with Gasteiger partial charge in [0.2, 0.25) is 5.91 Å². The predicted molar refractivity (Wildman–Crippen MR) is 137 cm³/mol. The molecule has 3 aromatic rings. The number of amides is 1. The first-order valence-corrected chi connectivity index (χ1v) is 12.1. The van der Waals surface area contributed by atoms with Gasteiger partial charge in [-0.05, 0) is 60.4 Å². The third-order valence-electron chi connectivity index (χ3n) is 7.13. The van der Waals surface area contributed by atoms with Crippen molar-refractivity contribution in [2.24, 2.45) is 0 Å². The lowest BCUT2D eigenvalue weighted by atomic mass is 9.82. The van der Waals surface area contributed by atoms with Gasteiger partial charge in [0, 0.05) is 49.5 Å². The molecule has 0 aromatic heterocycles. The summed E-state index contributed by atoms with van der Waals surface area (Å²) < 4.78 is 0. The number of hydrogen-bond acceptors (Lipinski definition) is 4. The van der Waals surface area contributed by atoms with Crippen molar-refractivity contribution >= 4 is 23.1 Å². The van der Waals surface area contributed by atoms with E-state index in [0.717, 1.165) is 59.8 Å². The van der Waals surface area contributed by atoms with Gasteiger partial charge in [-0.2, -0.15) is 0 Å². The molecule has 5 rings (SSSR count). The Morgan fingerprint density at radius 1 is 0.941 bits per heavy atom. The first-order valence-electron chi connectivity index (χ1n) is 12.1. The van der Waals surface area contributed by atoms with Crippen molar-refractivity contribution in [3.63, 3.8) is 0 Å². The lowest BCUT2D eigenvalue weighted by Gasteiger charge is -2.36. The van der Waals surface area contributed by atoms with E-state index in [1.54, 1.807) is 0 Å². The number of fused-ring (bicyclic) bond motifs is 1. The molecule has 2 aliphatic heterocycles. The SMILES string of the molecule is Cc1ccc(C(=O)C2CC(=O)N(Cc3ccccc3)c3ccc(N4CCNCC4)cc32)cc1C. The van der Waals surface area contributed by atoms with Crippen molar-refractivity contribution in [3.8, 4) is 0 Å². The molecule has 1 atom stereocenters. The maximum Gasteiger partial charge on any atom is 0.228 e. The lowest BCUT2D eigenvalue weighted by Crippen LogP contribution is -2.44. The Balaban J connectivity index is 1.55. The molecule has 0 saturated carbocycles. The van der Waals surface area contributed by atoms with E-state index in [4.69, 9.17) is 0 Å². The Kier molecular flexibility index (Phi) is 6.20. The Morgan fingerprint density at radius 2 is 1.71 bits per heavy atom. The third kappa shape index (κ3) is 4.36. The van der Waals surface area contributed by atoms with Crippen LogP contribution in [0.1, 0.15) is 45.0 Å². The molecule has 3 aromatic carbocycles. The van der Waals surface area contributed by atoms with E-state index < -0.39 is 5.92 Å². The second-order valence-corrected chi connectivity index (χ2v) is 9.37. The molecule has 0 aliphatic carbocycles. The average Bonchev–Trinajstić information content (AvgIpc) is 2.87. The first-order chi connectivity index (χ1) is 16.5. The minimum atomic E-state index is -0.473. The normalized spacial score (nSPS) is 18.1. The van der Waals surface area contributed by atoms with Gasteiger partial charge in [0.1, 0.15) is 0 Å². The number of anilines is 2. The molecule has 0 radical (unpaired) electrons. The zero-order valence-corrected chi connectivity index (χ0v) is 19.9. The molecular formula is C29H31N3O2. The number of piperazine rings is 1. The molecule has 174 valence electrons. The minimum absolute atomic E-state index is 0.00606. The van der Waals surface area contributed by atoms with Gasteiger partial charge >= 0.3 is 0 Å². The topological polar surface area (TPSA) is 52.7 Å². The van der Waals surface area contributed by atoms with Crippen LogP contribution in [0, 0.1) is 13.8 Å². The van der Waals surface area contributed by atoms with E-state index in [2.05, 4.69) is 22.3 Å². The first kappa shape index (κ1) is 22.4. The highest BCUT2D eigenvalue weighted by Crippen LogP contribution is 2.41. The maximum atomic E-state index is 13.7. The largest absolute Gasteiger partial charge is 0.369 e. The van der Waals surface area contributed by atoms with Gasteiger partial charge in [0.25, 0.3) is 0 Å². The van der Waals surface area contributed by atoms with E-state index >= 15 is 0 Å². The summed E-state index contributed by atoms with van der Waals surface area (Å²) in [5.74, 6) is -0.456. The lowest BCUT2D eigenvalue weighted by molar-refractivity contribution is -0.119. The highest BCUT2D eigenvalue weighted by Gasteiger charge is 2.36. The van der Waals surface area contributed by atoms with Gasteiger partial charge in [-0.1, -0.05) is 42.5 Å². The number of aryl methyl sites for hydroxylation is 2. The quantitative estimate of drug-likeness (QED) is 0.573. The van der Waals surface area contributed by atoms with Crippen LogP contribution in [0.15, 0.2) is 66.7 Å². The van der Waals surface area contributed by atoms with Crippen LogP contribution in [0.4, 0.5) is 11.4 Å². The van der Waals surface area contributed by atoms with Crippen LogP contribution in [0.5, 0.6) is 0 Å². The molecular weight excluding hydrogens is 422 g/mol. The summed E-state index contributed by atoms with van der Waals surface area (Å²) in [5, 5.41) is 3.40. The molecule has 2 aliphatic rings. The zero-order valence-electron chi connectivity index (χ0n) is 19.9. The highest BCUT2D eigenvalue weighted by atomic mass is 16.2. The fraction of sp³-hybridized carbons (Fsp3) is 0.310. The van der Waals surface area contributed by atoms with E-state index in [0.29, 0.717) is 12.1 Å². The molecule has 1 unspecified atom stereocenters. The smallest absolute Gasteiger partial charge is 0.228 e. The number of Topliss-reactive ketones (excluding diaryl/α,β-unsaturated/α-hetero) is 1. The molecule has 34 heavy (non-hydrogen) atoms. The molecule has 1 amide bonds. The van der Waals surface area contributed by atoms with Crippen LogP contribution in [-0.4, -0.2) is 37.9 Å². The summed E-state index contributed by atoms with van der Waals surface area (Å²) in [6.07, 6.45) is 0.191. The van der Waals surface area contributed by atoms with Crippen LogP contribution in [0.25, 0.3) is 0 Å². The van der Waals surface area contributed by atoms with Crippen molar-refractivity contribution in [2.45, 2.75) is 32.7 Å². The summed E-state index contributed by atoms with van der Waals surface area (Å²) in [4.78, 5) is 31.3. The van der Waals surface area contributed by atoms with E-state index in [1.807, 2.05) is 73.3 Å². The molecule has 5 heteroatoms. The van der Waals surface area contributed by atoms with Gasteiger partial charge in [0.15, 0.2) is 5.78 Å². The molecule has 5 nitrogen and oxygen atoms in total. The second-order valence-electron chi connectivity index (χ2n) is 9.37. The van der Waals surface area contributed by atoms with Gasteiger partial charge in [-0.3, -0.25) is 9.59 Å². The van der Waals surface area contributed by atoms with E-state index in [-0.39, 0.29) is 18.1 Å². The number of carbonyl (C=O) groups is 2. The summed E-state index contributed by atoms with van der Waals surface area (Å²) in [6, 6.07) is 22.2. The predicted octanol–water partition coefficient (Wildman–Crippen LogP) is 4.62. The number of nitrogens with zero attached hydrogens (tertiary/aromatic N) is 2. The number of nitrogens with one attached hydrogen (secondary N) is 1. The molecule has 0 spiro atoms. The molecule has 1 saturated heterocycles. The van der Waals surface area contributed by atoms with Crippen LogP contribution in [0.2, 0.25) is 0 Å². The van der Waals surface area contributed by atoms with Crippen molar-refractivity contribution in [3.05, 3.63) is 94.5 Å². The van der Waals surface area contributed by atoms with Crippen LogP contribution in [-0.2, 0) is 11.3 Å². The van der Waals surface area contributed by atoms with Crippen molar-refractivity contribution in [1.82, 2.24) is 5.32 Å². The molecule has 0 bridgehead atoms. The van der Waals surface area contributed by atoms with Gasteiger partial charge < -0.3 is 15.1 Å². The number of benzene rings is 3. The number of hydrogen-bond donors (Lipinski definition) is 1. The molecule has 2 heterocycles. The number of ketones is 1. The average molecular weight is 454 g/mol. The number of carbonyl (C=O) groups excluding carboxylic acids is 2. The van der Waals surface area contributed by atoms with Crippen LogP contribution < -0.4 is 15.1 Å². The Morgan fingerprint density at radius 3 is 2.44 bits per heavy atom. The summed E-state index contributed by atoms with van der Waals surface area (Å²) in [5.41, 5.74) is 6.92. The summed E-state index contributed by atoms with van der Waals surface area (Å²) in [7, 11) is 0. The van der Waals surface area contributed by atoms with Crippen molar-refractivity contribution in [1.29, 1.82) is 0 Å². The zero-order chi connectivity index (χ0) is 23.7. The Bertz CT molecular complexity index is 1220. The van der Waals surface area contributed by atoms with Crippen LogP contribution >= 0.6 is 0 Å². The van der Waals surface area contributed by atoms with Gasteiger partial charge in [0.05, 0.1) is 12.5 Å². The van der Waals surface area contributed by atoms with E-state index in [1.165, 1.54) is 0 Å². The summed E-state index contributed by atoms with van der Waals surface area (Å²) >= 11 is 0. The van der Waals surface area contributed by atoms with Gasteiger partial charge in [-0.25, -0.2) is 0 Å². The monoisotopic (exact) mass is 453 g/mol. The maximum absolute atomic E-state index is 13.7. The van der Waals surface area contributed by atoms with Crippen molar-refractivity contribution in [2.75, 3.05) is 36.0 Å². The molecule has 1 fully saturated rings. The fourth-order valence-electron chi connectivity index (χ4n) is 4.98. The highest BCUT2D eigenvalue weighted by molar-refractivity contribution is 6.09. The van der Waals surface area contributed by atoms with Crippen molar-refractivity contribution < 1.29 is 9.59 Å². The fourth-order valence-corrected chi connectivity index (χ4v) is 4.98. The second kappa shape index (κ2) is 9.43. The third-order valence-corrected chi connectivity index (χ3v) is 7.13. The van der Waals surface area contributed by atoms with E-state index in [9.17, 15) is 9.59 Å². The number of rotatable bonds is 5. The molecule has 1 N–H and O–H groups in total. The van der Waals surface area contributed by atoms with Crippen LogP contribution in [0.3, 0.4) is 0 Å². The van der Waals surface area contributed by atoms with Gasteiger partial charge in [-0.15, -0.1) is 0 Å². The Hall–Kier alpha value is -3.44. The minimum Gasteiger partial charge on any atom is -0.369 e. The standard InChI is InChI=1S/C29H31N3O2/c1-20-8-9-23(16-21(20)2)29(34)26-18-28(33)32(19-22-6-4-3-5-7-22)27-11-10-24(17-25(26)27)31-14-12-30-13-15-31/h3-11,16-17,26,30H,12-15,18-19H2,1-2H3. The summed E-state index contributed by atoms with van der Waals surface area (Å²) in [6.45, 7) is 8.33.